The summed E-state index contributed by atoms with van der Waals surface area (Å²) in [6, 6.07) is 35.2. The average Bonchev–Trinajstić information content (AvgIpc) is 2.81. The van der Waals surface area contributed by atoms with Crippen LogP contribution in [-0.2, 0) is 0 Å². The second kappa shape index (κ2) is 8.83. The van der Waals surface area contributed by atoms with E-state index in [1.54, 1.807) is 19.1 Å². The van der Waals surface area contributed by atoms with E-state index in [9.17, 15) is 4.79 Å². The van der Waals surface area contributed by atoms with E-state index >= 15 is 0 Å². The first-order chi connectivity index (χ1) is 15.0. The highest BCUT2D eigenvalue weighted by Crippen LogP contribution is 2.65. The summed E-state index contributed by atoms with van der Waals surface area (Å²) in [5, 5.41) is 0. The Labute approximate surface area is 185 Å². The molecule has 0 aliphatic heterocycles. The van der Waals surface area contributed by atoms with Crippen molar-refractivity contribution in [2.24, 2.45) is 0 Å². The summed E-state index contributed by atoms with van der Waals surface area (Å²) in [6.07, 6.45) is 2.35. The number of Topliss-reactive ketones (excluding diaryl/α,β-unsaturated/α-hetero) is 1. The zero-order chi connectivity index (χ0) is 21.8. The van der Waals surface area contributed by atoms with Crippen LogP contribution in [0.5, 0.6) is 11.5 Å². The van der Waals surface area contributed by atoms with Gasteiger partial charge in [-0.1, -0.05) is 36.4 Å². The molecule has 0 amide bonds. The SMILES string of the molecule is CC(=O)c1ccc(Oc2ccc(S(C)(c3ccccc3)c3ccccc3)cc2C)cc1. The molecule has 0 aliphatic rings. The second-order valence-electron chi connectivity index (χ2n) is 7.65. The Bertz CT molecular complexity index is 1140. The summed E-state index contributed by atoms with van der Waals surface area (Å²) in [5.41, 5.74) is 1.77. The summed E-state index contributed by atoms with van der Waals surface area (Å²) in [4.78, 5) is 15.4. The van der Waals surface area contributed by atoms with Crippen LogP contribution in [0.4, 0.5) is 0 Å². The molecule has 0 aromatic heterocycles. The number of benzene rings is 4. The van der Waals surface area contributed by atoms with Crippen LogP contribution in [0.15, 0.2) is 118 Å². The molecule has 0 saturated heterocycles. The molecule has 0 N–H and O–H groups in total. The number of hydrogen-bond acceptors (Lipinski definition) is 2. The van der Waals surface area contributed by atoms with Crippen molar-refractivity contribution < 1.29 is 9.53 Å². The minimum absolute atomic E-state index is 0.0520. The van der Waals surface area contributed by atoms with Crippen molar-refractivity contribution >= 4 is 15.8 Å². The number of rotatable bonds is 6. The van der Waals surface area contributed by atoms with Crippen LogP contribution < -0.4 is 4.74 Å². The second-order valence-corrected chi connectivity index (χ2v) is 10.9. The normalized spacial score (nSPS) is 11.7. The Balaban J connectivity index is 1.71. The van der Waals surface area contributed by atoms with Gasteiger partial charge < -0.3 is 4.74 Å². The quantitative estimate of drug-likeness (QED) is 0.293. The summed E-state index contributed by atoms with van der Waals surface area (Å²) in [5.74, 6) is 1.60. The summed E-state index contributed by atoms with van der Waals surface area (Å²) >= 11 is 0. The fourth-order valence-electron chi connectivity index (χ4n) is 3.67. The van der Waals surface area contributed by atoms with E-state index in [0.717, 1.165) is 17.1 Å². The third-order valence-electron chi connectivity index (χ3n) is 5.54. The standard InChI is InChI=1S/C28H26O2S/c1-21-20-27(18-19-28(21)30-24-16-14-23(15-17-24)22(2)29)31(3,25-10-6-4-7-11-25)26-12-8-5-9-13-26/h4-20H,1-3H3. The van der Waals surface area contributed by atoms with Gasteiger partial charge >= 0.3 is 0 Å². The highest BCUT2D eigenvalue weighted by molar-refractivity contribution is 8.33. The van der Waals surface area contributed by atoms with Gasteiger partial charge in [-0.2, -0.15) is 10.0 Å². The maximum atomic E-state index is 11.5. The zero-order valence-electron chi connectivity index (χ0n) is 18.0. The van der Waals surface area contributed by atoms with Crippen LogP contribution >= 0.6 is 10.0 Å². The van der Waals surface area contributed by atoms with Crippen molar-refractivity contribution in [2.75, 3.05) is 6.26 Å². The molecular formula is C28H26O2S. The van der Waals surface area contributed by atoms with E-state index in [1.807, 2.05) is 12.1 Å². The fourth-order valence-corrected chi connectivity index (χ4v) is 6.64. The Morgan fingerprint density at radius 3 is 1.74 bits per heavy atom. The van der Waals surface area contributed by atoms with E-state index in [0.29, 0.717) is 5.56 Å². The molecule has 0 radical (unpaired) electrons. The Morgan fingerprint density at radius 1 is 0.710 bits per heavy atom. The van der Waals surface area contributed by atoms with Gasteiger partial charge in [0.1, 0.15) is 11.5 Å². The minimum atomic E-state index is -1.40. The van der Waals surface area contributed by atoms with Crippen LogP contribution in [0, 0.1) is 6.92 Å². The molecule has 0 saturated carbocycles. The lowest BCUT2D eigenvalue weighted by molar-refractivity contribution is 0.101. The first-order valence-electron chi connectivity index (χ1n) is 10.3. The topological polar surface area (TPSA) is 26.3 Å². The number of ether oxygens (including phenoxy) is 1. The van der Waals surface area contributed by atoms with Crippen molar-refractivity contribution in [3.8, 4) is 11.5 Å². The molecule has 4 aromatic carbocycles. The van der Waals surface area contributed by atoms with E-state index < -0.39 is 10.0 Å². The molecule has 0 unspecified atom stereocenters. The van der Waals surface area contributed by atoms with Crippen molar-refractivity contribution in [3.63, 3.8) is 0 Å². The number of ketones is 1. The van der Waals surface area contributed by atoms with Crippen molar-refractivity contribution in [3.05, 3.63) is 114 Å². The van der Waals surface area contributed by atoms with E-state index in [4.69, 9.17) is 4.74 Å². The van der Waals surface area contributed by atoms with Gasteiger partial charge in [0.2, 0.25) is 0 Å². The van der Waals surface area contributed by atoms with Crippen molar-refractivity contribution in [1.29, 1.82) is 0 Å². The van der Waals surface area contributed by atoms with E-state index in [2.05, 4.69) is 92.0 Å². The first-order valence-corrected chi connectivity index (χ1v) is 12.3. The molecule has 156 valence electrons. The van der Waals surface area contributed by atoms with E-state index in [1.165, 1.54) is 14.7 Å². The summed E-state index contributed by atoms with van der Waals surface area (Å²) < 4.78 is 6.12. The van der Waals surface area contributed by atoms with Gasteiger partial charge in [-0.05, 0) is 107 Å². The number of carbonyl (C=O) groups excluding carboxylic acids is 1. The van der Waals surface area contributed by atoms with Gasteiger partial charge in [0, 0.05) is 5.56 Å². The highest BCUT2D eigenvalue weighted by atomic mass is 32.3. The van der Waals surface area contributed by atoms with Crippen molar-refractivity contribution in [1.82, 2.24) is 0 Å². The van der Waals surface area contributed by atoms with Crippen LogP contribution in [-0.4, -0.2) is 12.0 Å². The number of carbonyl (C=O) groups is 1. The van der Waals surface area contributed by atoms with Gasteiger partial charge in [0.05, 0.1) is 0 Å². The molecule has 0 fully saturated rings. The fraction of sp³-hybridized carbons (Fsp3) is 0.107. The molecule has 0 heterocycles. The lowest BCUT2D eigenvalue weighted by Crippen LogP contribution is -2.02. The molecular weight excluding hydrogens is 400 g/mol. The third kappa shape index (κ3) is 4.28. The van der Waals surface area contributed by atoms with Gasteiger partial charge in [0.15, 0.2) is 5.78 Å². The monoisotopic (exact) mass is 426 g/mol. The van der Waals surface area contributed by atoms with Crippen LogP contribution in [0.2, 0.25) is 0 Å². The van der Waals surface area contributed by atoms with Gasteiger partial charge in [-0.25, -0.2) is 0 Å². The predicted octanol–water partition coefficient (Wildman–Crippen LogP) is 7.90. The lowest BCUT2D eigenvalue weighted by atomic mass is 10.1. The molecule has 0 bridgehead atoms. The lowest BCUT2D eigenvalue weighted by Gasteiger charge is -2.38. The van der Waals surface area contributed by atoms with E-state index in [-0.39, 0.29) is 5.78 Å². The summed E-state index contributed by atoms with van der Waals surface area (Å²) in [7, 11) is -1.40. The molecule has 3 heteroatoms. The smallest absolute Gasteiger partial charge is 0.159 e. The van der Waals surface area contributed by atoms with Gasteiger partial charge in [-0.3, -0.25) is 4.79 Å². The van der Waals surface area contributed by atoms with Crippen LogP contribution in [0.25, 0.3) is 0 Å². The molecule has 4 aromatic rings. The van der Waals surface area contributed by atoms with Crippen LogP contribution in [0.1, 0.15) is 22.8 Å². The molecule has 0 spiro atoms. The molecule has 4 rings (SSSR count). The van der Waals surface area contributed by atoms with Crippen molar-refractivity contribution in [2.45, 2.75) is 28.5 Å². The van der Waals surface area contributed by atoms with Gasteiger partial charge in [-0.15, -0.1) is 0 Å². The zero-order valence-corrected chi connectivity index (χ0v) is 18.9. The minimum Gasteiger partial charge on any atom is -0.457 e. The molecule has 2 nitrogen and oxygen atoms in total. The third-order valence-corrected chi connectivity index (χ3v) is 9.16. The Morgan fingerprint density at radius 2 is 1.26 bits per heavy atom. The van der Waals surface area contributed by atoms with Crippen LogP contribution in [0.3, 0.4) is 0 Å². The number of aryl methyl sites for hydroxylation is 1. The molecule has 0 aliphatic carbocycles. The highest BCUT2D eigenvalue weighted by Gasteiger charge is 2.26. The predicted molar refractivity (Wildman–Crippen MR) is 129 cm³/mol. The maximum absolute atomic E-state index is 11.5. The largest absolute Gasteiger partial charge is 0.457 e. The summed E-state index contributed by atoms with van der Waals surface area (Å²) in [6.45, 7) is 3.65. The van der Waals surface area contributed by atoms with Gasteiger partial charge in [0.25, 0.3) is 0 Å². The Hall–Kier alpha value is -3.30. The number of hydrogen-bond donors (Lipinski definition) is 0. The average molecular weight is 427 g/mol. The molecule has 0 atom stereocenters. The molecule has 31 heavy (non-hydrogen) atoms. The Kier molecular flexibility index (Phi) is 5.97. The first kappa shape index (κ1) is 21.0. The maximum Gasteiger partial charge on any atom is 0.159 e.